The van der Waals surface area contributed by atoms with E-state index < -0.39 is 0 Å². The van der Waals surface area contributed by atoms with Crippen molar-refractivity contribution < 1.29 is 4.74 Å². The van der Waals surface area contributed by atoms with Gasteiger partial charge in [0.05, 0.1) is 5.69 Å². The summed E-state index contributed by atoms with van der Waals surface area (Å²) >= 11 is 0. The average molecular weight is 486 g/mol. The lowest BCUT2D eigenvalue weighted by Gasteiger charge is -2.42. The van der Waals surface area contributed by atoms with E-state index >= 15 is 0 Å². The third kappa shape index (κ3) is 4.31. The number of fused-ring (bicyclic) bond motifs is 2. The molecule has 4 nitrogen and oxygen atoms in total. The summed E-state index contributed by atoms with van der Waals surface area (Å²) in [5.74, 6) is 1.93. The zero-order chi connectivity index (χ0) is 24.7. The van der Waals surface area contributed by atoms with Crippen molar-refractivity contribution in [3.05, 3.63) is 102 Å². The molecule has 1 aliphatic carbocycles. The van der Waals surface area contributed by atoms with Gasteiger partial charge in [-0.1, -0.05) is 54.6 Å². The standard InChI is InChI=1S/C33H31N3O/c1-2-6-24(7-3-1)27-12-14-31-29(23-27)16-17-33(37-31)18-20-36(21-19-33)32-15-13-30(34-35-32)28-11-10-25-8-4-5-9-26(25)22-28/h1-3,6-7,10-17,22-23H,4-5,8-9,18-21H2. The van der Waals surface area contributed by atoms with Gasteiger partial charge in [-0.25, -0.2) is 0 Å². The number of hydrogen-bond donors (Lipinski definition) is 0. The minimum atomic E-state index is -0.242. The van der Waals surface area contributed by atoms with Crippen LogP contribution >= 0.6 is 0 Å². The highest BCUT2D eigenvalue weighted by Crippen LogP contribution is 2.39. The second-order valence-electron chi connectivity index (χ2n) is 10.6. The Kier molecular flexibility index (Phi) is 5.53. The molecule has 1 fully saturated rings. The second kappa shape index (κ2) is 9.19. The Labute approximate surface area is 218 Å². The molecule has 184 valence electrons. The van der Waals surface area contributed by atoms with Crippen LogP contribution in [-0.4, -0.2) is 28.9 Å². The Morgan fingerprint density at radius 3 is 2.32 bits per heavy atom. The van der Waals surface area contributed by atoms with Crippen molar-refractivity contribution in [3.8, 4) is 28.1 Å². The first-order chi connectivity index (χ1) is 18.2. The number of rotatable bonds is 3. The summed E-state index contributed by atoms with van der Waals surface area (Å²) in [6.07, 6.45) is 11.3. The summed E-state index contributed by atoms with van der Waals surface area (Å²) in [5.41, 5.74) is 8.46. The molecule has 2 aliphatic heterocycles. The minimum absolute atomic E-state index is 0.242. The Balaban J connectivity index is 1.03. The molecule has 0 N–H and O–H groups in total. The van der Waals surface area contributed by atoms with Gasteiger partial charge < -0.3 is 9.64 Å². The molecule has 7 rings (SSSR count). The summed E-state index contributed by atoms with van der Waals surface area (Å²) in [7, 11) is 0. The van der Waals surface area contributed by atoms with Crippen LogP contribution in [0, 0.1) is 0 Å². The lowest BCUT2D eigenvalue weighted by atomic mass is 9.87. The predicted octanol–water partition coefficient (Wildman–Crippen LogP) is 7.13. The van der Waals surface area contributed by atoms with Gasteiger partial charge in [-0.2, -0.15) is 0 Å². The molecule has 3 heterocycles. The molecular formula is C33H31N3O. The van der Waals surface area contributed by atoms with Gasteiger partial charge in [0, 0.05) is 37.1 Å². The molecular weight excluding hydrogens is 454 g/mol. The van der Waals surface area contributed by atoms with Crippen molar-refractivity contribution in [3.63, 3.8) is 0 Å². The van der Waals surface area contributed by atoms with Crippen molar-refractivity contribution in [1.29, 1.82) is 0 Å². The molecule has 0 saturated carbocycles. The maximum Gasteiger partial charge on any atom is 0.151 e. The second-order valence-corrected chi connectivity index (χ2v) is 10.6. The van der Waals surface area contributed by atoms with Gasteiger partial charge in [0.15, 0.2) is 5.82 Å². The van der Waals surface area contributed by atoms with E-state index in [-0.39, 0.29) is 5.60 Å². The highest BCUT2D eigenvalue weighted by Gasteiger charge is 2.37. The zero-order valence-electron chi connectivity index (χ0n) is 21.1. The SMILES string of the molecule is C1=CC2(CCN(c3ccc(-c4ccc5c(c4)CCCC5)nn3)CC2)Oc2ccc(-c3ccccc3)cc21. The van der Waals surface area contributed by atoms with Crippen molar-refractivity contribution in [2.24, 2.45) is 0 Å². The number of aryl methyl sites for hydroxylation is 2. The molecule has 4 aromatic rings. The summed E-state index contributed by atoms with van der Waals surface area (Å²) in [4.78, 5) is 2.33. The number of piperidine rings is 1. The minimum Gasteiger partial charge on any atom is -0.482 e. The Morgan fingerprint density at radius 2 is 1.51 bits per heavy atom. The lowest BCUT2D eigenvalue weighted by Crippen LogP contribution is -2.48. The first-order valence-electron chi connectivity index (χ1n) is 13.5. The molecule has 0 amide bonds. The van der Waals surface area contributed by atoms with E-state index in [1.165, 1.54) is 53.5 Å². The molecule has 0 radical (unpaired) electrons. The van der Waals surface area contributed by atoms with Crippen LogP contribution in [0.25, 0.3) is 28.5 Å². The summed E-state index contributed by atoms with van der Waals surface area (Å²) in [6.45, 7) is 1.79. The van der Waals surface area contributed by atoms with Crippen LogP contribution in [0.2, 0.25) is 0 Å². The quantitative estimate of drug-likeness (QED) is 0.309. The number of anilines is 1. The maximum atomic E-state index is 6.61. The van der Waals surface area contributed by atoms with Crippen LogP contribution in [0.15, 0.2) is 84.9 Å². The topological polar surface area (TPSA) is 38.2 Å². The van der Waals surface area contributed by atoms with E-state index in [9.17, 15) is 0 Å². The summed E-state index contributed by atoms with van der Waals surface area (Å²) in [6, 6.07) is 28.1. The molecule has 4 heteroatoms. The normalized spacial score (nSPS) is 17.7. The summed E-state index contributed by atoms with van der Waals surface area (Å²) in [5, 5.41) is 9.22. The average Bonchev–Trinajstić information content (AvgIpc) is 2.98. The fourth-order valence-corrected chi connectivity index (χ4v) is 6.00. The number of hydrogen-bond acceptors (Lipinski definition) is 4. The third-order valence-electron chi connectivity index (χ3n) is 8.23. The molecule has 37 heavy (non-hydrogen) atoms. The van der Waals surface area contributed by atoms with Gasteiger partial charge in [-0.3, -0.25) is 0 Å². The predicted molar refractivity (Wildman–Crippen MR) is 150 cm³/mol. The first-order valence-corrected chi connectivity index (χ1v) is 13.5. The molecule has 1 saturated heterocycles. The van der Waals surface area contributed by atoms with E-state index in [2.05, 4.69) is 106 Å². The maximum absolute atomic E-state index is 6.61. The largest absolute Gasteiger partial charge is 0.482 e. The van der Waals surface area contributed by atoms with Crippen LogP contribution in [0.5, 0.6) is 5.75 Å². The van der Waals surface area contributed by atoms with Gasteiger partial charge >= 0.3 is 0 Å². The highest BCUT2D eigenvalue weighted by atomic mass is 16.5. The van der Waals surface area contributed by atoms with E-state index in [4.69, 9.17) is 4.74 Å². The smallest absolute Gasteiger partial charge is 0.151 e. The van der Waals surface area contributed by atoms with Gasteiger partial charge in [0.25, 0.3) is 0 Å². The third-order valence-corrected chi connectivity index (χ3v) is 8.23. The van der Waals surface area contributed by atoms with Crippen molar-refractivity contribution in [1.82, 2.24) is 10.2 Å². The number of benzene rings is 3. The van der Waals surface area contributed by atoms with E-state index in [0.29, 0.717) is 0 Å². The molecule has 0 unspecified atom stereocenters. The Morgan fingerprint density at radius 1 is 0.703 bits per heavy atom. The van der Waals surface area contributed by atoms with Crippen LogP contribution < -0.4 is 9.64 Å². The Hall–Kier alpha value is -3.92. The zero-order valence-corrected chi connectivity index (χ0v) is 21.1. The van der Waals surface area contributed by atoms with Crippen molar-refractivity contribution in [2.75, 3.05) is 18.0 Å². The van der Waals surface area contributed by atoms with Gasteiger partial charge in [-0.05, 0) is 84.3 Å². The fraction of sp³-hybridized carbons (Fsp3) is 0.273. The molecule has 0 atom stereocenters. The van der Waals surface area contributed by atoms with Gasteiger partial charge in [-0.15, -0.1) is 10.2 Å². The molecule has 3 aliphatic rings. The van der Waals surface area contributed by atoms with E-state index in [1.807, 2.05) is 0 Å². The summed E-state index contributed by atoms with van der Waals surface area (Å²) < 4.78 is 6.61. The first kappa shape index (κ1) is 22.3. The highest BCUT2D eigenvalue weighted by molar-refractivity contribution is 5.72. The van der Waals surface area contributed by atoms with E-state index in [1.54, 1.807) is 0 Å². The van der Waals surface area contributed by atoms with E-state index in [0.717, 1.165) is 48.8 Å². The van der Waals surface area contributed by atoms with Crippen molar-refractivity contribution in [2.45, 2.75) is 44.1 Å². The molecule has 1 spiro atoms. The number of aromatic nitrogens is 2. The number of ether oxygens (including phenoxy) is 1. The van der Waals surface area contributed by atoms with Crippen LogP contribution in [0.4, 0.5) is 5.82 Å². The van der Waals surface area contributed by atoms with Crippen LogP contribution in [0.3, 0.4) is 0 Å². The lowest BCUT2D eigenvalue weighted by molar-refractivity contribution is 0.0891. The van der Waals surface area contributed by atoms with Crippen LogP contribution in [-0.2, 0) is 12.8 Å². The van der Waals surface area contributed by atoms with Gasteiger partial charge in [0.2, 0.25) is 0 Å². The Bertz CT molecular complexity index is 1450. The fourth-order valence-electron chi connectivity index (χ4n) is 6.00. The number of nitrogens with zero attached hydrogens (tertiary/aromatic N) is 3. The van der Waals surface area contributed by atoms with Crippen molar-refractivity contribution >= 4 is 11.9 Å². The molecule has 1 aromatic heterocycles. The van der Waals surface area contributed by atoms with Gasteiger partial charge in [0.1, 0.15) is 11.4 Å². The molecule has 0 bridgehead atoms. The molecule has 3 aromatic carbocycles. The van der Waals surface area contributed by atoms with Crippen LogP contribution in [0.1, 0.15) is 42.4 Å². The monoisotopic (exact) mass is 485 g/mol.